The predicted octanol–water partition coefficient (Wildman–Crippen LogP) is 1.70. The smallest absolute Gasteiger partial charge is 0.303 e. The molecule has 0 unspecified atom stereocenters. The van der Waals surface area contributed by atoms with Crippen molar-refractivity contribution in [1.29, 1.82) is 0 Å². The number of aliphatic carboxylic acids is 1. The molecular formula is C11H12BrN3O3. The number of anilines is 1. The Labute approximate surface area is 111 Å². The summed E-state index contributed by atoms with van der Waals surface area (Å²) < 4.78 is 7.67. The molecule has 6 nitrogen and oxygen atoms in total. The number of hydrogen-bond acceptors (Lipinski definition) is 4. The Balaban J connectivity index is 2.57. The van der Waals surface area contributed by atoms with Gasteiger partial charge in [0.1, 0.15) is 17.1 Å². The van der Waals surface area contributed by atoms with E-state index in [9.17, 15) is 4.79 Å². The Bertz CT molecular complexity index is 609. The van der Waals surface area contributed by atoms with Gasteiger partial charge < -0.3 is 15.6 Å². The Hall–Kier alpha value is -1.76. The minimum absolute atomic E-state index is 0.00473. The van der Waals surface area contributed by atoms with Crippen LogP contribution in [0.1, 0.15) is 12.0 Å². The third-order valence-electron chi connectivity index (χ3n) is 2.60. The van der Waals surface area contributed by atoms with Crippen LogP contribution in [0.2, 0.25) is 0 Å². The van der Waals surface area contributed by atoms with Gasteiger partial charge >= 0.3 is 5.97 Å². The number of nitrogen functional groups attached to an aromatic ring is 1. The van der Waals surface area contributed by atoms with Crippen LogP contribution in [-0.2, 0) is 11.2 Å². The molecule has 0 aliphatic carbocycles. The van der Waals surface area contributed by atoms with Crippen LogP contribution in [0.5, 0.6) is 5.75 Å². The average Bonchev–Trinajstić information content (AvgIpc) is 2.60. The van der Waals surface area contributed by atoms with Crippen molar-refractivity contribution in [3.8, 4) is 5.75 Å². The summed E-state index contributed by atoms with van der Waals surface area (Å²) >= 11 is 3.34. The largest absolute Gasteiger partial charge is 0.494 e. The third kappa shape index (κ3) is 2.26. The molecular weight excluding hydrogens is 302 g/mol. The molecule has 0 saturated carbocycles. The quantitative estimate of drug-likeness (QED) is 0.896. The minimum atomic E-state index is -0.871. The minimum Gasteiger partial charge on any atom is -0.494 e. The lowest BCUT2D eigenvalue weighted by atomic mass is 10.1. The van der Waals surface area contributed by atoms with E-state index in [2.05, 4.69) is 21.0 Å². The summed E-state index contributed by atoms with van der Waals surface area (Å²) in [4.78, 5) is 10.6. The lowest BCUT2D eigenvalue weighted by Gasteiger charge is -2.05. The van der Waals surface area contributed by atoms with Crippen molar-refractivity contribution in [1.82, 2.24) is 9.61 Å². The molecule has 7 heteroatoms. The third-order valence-corrected chi connectivity index (χ3v) is 3.03. The van der Waals surface area contributed by atoms with Gasteiger partial charge in [0.05, 0.1) is 7.11 Å². The molecule has 18 heavy (non-hydrogen) atoms. The molecule has 96 valence electrons. The number of methoxy groups -OCH3 is 1. The molecule has 2 aromatic rings. The summed E-state index contributed by atoms with van der Waals surface area (Å²) in [7, 11) is 1.55. The first-order valence-corrected chi connectivity index (χ1v) is 6.04. The van der Waals surface area contributed by atoms with Gasteiger partial charge in [-0.25, -0.2) is 4.52 Å². The highest BCUT2D eigenvalue weighted by atomic mass is 79.9. The molecule has 0 fully saturated rings. The average molecular weight is 314 g/mol. The van der Waals surface area contributed by atoms with Crippen LogP contribution in [0.4, 0.5) is 5.82 Å². The van der Waals surface area contributed by atoms with Crippen LogP contribution in [0.3, 0.4) is 0 Å². The number of pyridine rings is 1. The number of halogens is 1. The van der Waals surface area contributed by atoms with Gasteiger partial charge in [-0.05, 0) is 28.4 Å². The fourth-order valence-corrected chi connectivity index (χ4v) is 2.22. The molecule has 2 rings (SSSR count). The molecule has 0 amide bonds. The van der Waals surface area contributed by atoms with E-state index < -0.39 is 5.97 Å². The zero-order chi connectivity index (χ0) is 13.3. The molecule has 0 bridgehead atoms. The second-order valence-corrected chi connectivity index (χ2v) is 4.69. The maximum absolute atomic E-state index is 10.6. The highest BCUT2D eigenvalue weighted by Crippen LogP contribution is 2.30. The SMILES string of the molecule is COc1cc(Br)cn2nc(N)c(CCC(=O)O)c12. The number of ether oxygens (including phenoxy) is 1. The van der Waals surface area contributed by atoms with Gasteiger partial charge in [0, 0.05) is 22.7 Å². The van der Waals surface area contributed by atoms with Gasteiger partial charge in [-0.15, -0.1) is 0 Å². The number of rotatable bonds is 4. The van der Waals surface area contributed by atoms with E-state index >= 15 is 0 Å². The molecule has 0 spiro atoms. The summed E-state index contributed by atoms with van der Waals surface area (Å²) in [6, 6.07) is 1.79. The van der Waals surface area contributed by atoms with Crippen molar-refractivity contribution < 1.29 is 14.6 Å². The van der Waals surface area contributed by atoms with Gasteiger partial charge in [0.2, 0.25) is 0 Å². The Morgan fingerprint density at radius 2 is 2.39 bits per heavy atom. The Kier molecular flexibility index (Phi) is 3.42. The van der Waals surface area contributed by atoms with Crippen molar-refractivity contribution in [3.63, 3.8) is 0 Å². The van der Waals surface area contributed by atoms with Crippen LogP contribution >= 0.6 is 15.9 Å². The van der Waals surface area contributed by atoms with Gasteiger partial charge in [0.25, 0.3) is 0 Å². The van der Waals surface area contributed by atoms with Crippen LogP contribution in [0.25, 0.3) is 5.52 Å². The van der Waals surface area contributed by atoms with Gasteiger partial charge in [0.15, 0.2) is 0 Å². The van der Waals surface area contributed by atoms with Crippen LogP contribution in [0.15, 0.2) is 16.7 Å². The predicted molar refractivity (Wildman–Crippen MR) is 69.8 cm³/mol. The number of nitrogens with two attached hydrogens (primary N) is 1. The first-order chi connectivity index (χ1) is 8.52. The fourth-order valence-electron chi connectivity index (χ4n) is 1.82. The molecule has 0 radical (unpaired) electrons. The number of carboxylic acid groups (broad SMARTS) is 1. The molecule has 0 atom stereocenters. The van der Waals surface area contributed by atoms with E-state index in [-0.39, 0.29) is 6.42 Å². The normalized spacial score (nSPS) is 10.8. The van der Waals surface area contributed by atoms with Crippen molar-refractivity contribution in [2.24, 2.45) is 0 Å². The summed E-state index contributed by atoms with van der Waals surface area (Å²) in [5, 5.41) is 12.9. The van der Waals surface area contributed by atoms with E-state index in [1.807, 2.05) is 0 Å². The maximum atomic E-state index is 10.6. The molecule has 2 heterocycles. The number of hydrogen-bond donors (Lipinski definition) is 2. The zero-order valence-electron chi connectivity index (χ0n) is 9.68. The Morgan fingerprint density at radius 3 is 3.00 bits per heavy atom. The topological polar surface area (TPSA) is 89.9 Å². The Morgan fingerprint density at radius 1 is 1.67 bits per heavy atom. The molecule has 0 aromatic carbocycles. The molecule has 0 aliphatic rings. The highest BCUT2D eigenvalue weighted by molar-refractivity contribution is 9.10. The number of fused-ring (bicyclic) bond motifs is 1. The van der Waals surface area contributed by atoms with Crippen molar-refractivity contribution in [3.05, 3.63) is 22.3 Å². The molecule has 0 saturated heterocycles. The van der Waals surface area contributed by atoms with Gasteiger partial charge in [-0.3, -0.25) is 4.79 Å². The van der Waals surface area contributed by atoms with Crippen molar-refractivity contribution in [2.45, 2.75) is 12.8 Å². The van der Waals surface area contributed by atoms with Crippen LogP contribution in [-0.4, -0.2) is 27.8 Å². The lowest BCUT2D eigenvalue weighted by molar-refractivity contribution is -0.136. The second-order valence-electron chi connectivity index (χ2n) is 3.78. The van der Waals surface area contributed by atoms with Gasteiger partial charge in [-0.2, -0.15) is 5.10 Å². The molecule has 0 aliphatic heterocycles. The number of nitrogens with zero attached hydrogens (tertiary/aromatic N) is 2. The van der Waals surface area contributed by atoms with Gasteiger partial charge in [-0.1, -0.05) is 0 Å². The summed E-state index contributed by atoms with van der Waals surface area (Å²) in [5.74, 6) is 0.0615. The lowest BCUT2D eigenvalue weighted by Crippen LogP contribution is -2.00. The molecule has 2 aromatic heterocycles. The standard InChI is InChI=1S/C11H12BrN3O3/c1-18-8-4-6(12)5-15-10(8)7(11(13)14-15)2-3-9(16)17/h4-5H,2-3H2,1H3,(H2,13,14)(H,16,17). The highest BCUT2D eigenvalue weighted by Gasteiger charge is 2.16. The fraction of sp³-hybridized carbons (Fsp3) is 0.273. The van der Waals surface area contributed by atoms with Crippen LogP contribution < -0.4 is 10.5 Å². The maximum Gasteiger partial charge on any atom is 0.303 e. The monoisotopic (exact) mass is 313 g/mol. The number of carbonyl (C=O) groups is 1. The first kappa shape index (κ1) is 12.7. The van der Waals surface area contributed by atoms with Crippen molar-refractivity contribution in [2.75, 3.05) is 12.8 Å². The van der Waals surface area contributed by atoms with Crippen LogP contribution in [0, 0.1) is 0 Å². The summed E-state index contributed by atoms with van der Waals surface area (Å²) in [5.41, 5.74) is 7.22. The zero-order valence-corrected chi connectivity index (χ0v) is 11.3. The van der Waals surface area contributed by atoms with E-state index in [0.717, 1.165) is 4.47 Å². The first-order valence-electron chi connectivity index (χ1n) is 5.25. The van der Waals surface area contributed by atoms with Crippen molar-refractivity contribution >= 4 is 33.2 Å². The number of aryl methyl sites for hydroxylation is 1. The van der Waals surface area contributed by atoms with E-state index in [1.54, 1.807) is 23.9 Å². The number of carboxylic acids is 1. The summed E-state index contributed by atoms with van der Waals surface area (Å²) in [6.45, 7) is 0. The second kappa shape index (κ2) is 4.85. The van der Waals surface area contributed by atoms with E-state index in [0.29, 0.717) is 29.1 Å². The number of aromatic nitrogens is 2. The molecule has 3 N–H and O–H groups in total. The van der Waals surface area contributed by atoms with E-state index in [1.165, 1.54) is 0 Å². The van der Waals surface area contributed by atoms with E-state index in [4.69, 9.17) is 15.6 Å². The summed E-state index contributed by atoms with van der Waals surface area (Å²) in [6.07, 6.45) is 2.08.